The molecule has 2 aromatic rings. The molecule has 0 fully saturated rings. The Hall–Kier alpha value is -3.59. The van der Waals surface area contributed by atoms with Crippen LogP contribution in [0.2, 0.25) is 0 Å². The summed E-state index contributed by atoms with van der Waals surface area (Å²) in [6.45, 7) is 12.5. The third-order valence-corrected chi connectivity index (χ3v) is 9.84. The van der Waals surface area contributed by atoms with Crippen LogP contribution in [0.3, 0.4) is 0 Å². The molecule has 0 saturated heterocycles. The van der Waals surface area contributed by atoms with Gasteiger partial charge >= 0.3 is 11.8 Å². The Kier molecular flexibility index (Phi) is 13.4. The Bertz CT molecular complexity index is 1770. The standard InChI is InChI=1S/C37H47NO12.Na/c1-16-11-10-12-17(2)36(46)38-23-15-24(40)26-27(32(23)44)31(43)21(6)34-28(26)35(45)37(8,50-34)48-14-13-25(47-9)18(3)33(49-22(7)39)20(5)30(42)19(4)29(16)41;/h10-16,18-20,25,29-30,33,40-44H,1-9H3,(H,38,46);/b11-10-,14-13-,17-12-;/t16-,18+,19+,20+,25-,29-,30+,33+,37-;/m0./s1. The number of fused-ring (bicyclic) bond motifs is 14. The molecule has 6 N–H and O–H groups in total. The number of phenolic OH excluding ortho intramolecular Hbond substituents is 3. The number of benzene rings is 2. The van der Waals surface area contributed by atoms with E-state index in [4.69, 9.17) is 18.9 Å². The SMILES string of the molecule is CO[C@H]1/C=C\O[C@@]2(C)Oc3c(C)c(O)c4c(O)c(cc(O)c4c3C2=O)NC(=O)/C(C)=C\C=C/[C@H](C)[C@H](O)[C@@H](C)[C@@H](O)[C@@H](C)[C@H](OC(C)=O)[C@@H]1C.[Na]. The number of carbonyl (C=O) groups is 3. The molecule has 3 aliphatic rings. The Balaban J connectivity index is 0.00000702. The smallest absolute Gasteiger partial charge is 0.312 e. The number of carbonyl (C=O) groups excluding carboxylic acids is 3. The first kappa shape index (κ1) is 41.8. The number of amides is 1. The normalized spacial score (nSPS) is 32.6. The largest absolute Gasteiger partial charge is 0.507 e. The summed E-state index contributed by atoms with van der Waals surface area (Å²) in [7, 11) is 1.43. The van der Waals surface area contributed by atoms with Crippen LogP contribution >= 0.6 is 0 Å². The summed E-state index contributed by atoms with van der Waals surface area (Å²) in [5, 5.41) is 58.2. The number of anilines is 1. The number of allylic oxidation sites excluding steroid dienone is 2. The summed E-state index contributed by atoms with van der Waals surface area (Å²) in [4.78, 5) is 39.2. The molecular weight excluding hydrogens is 673 g/mol. The maximum Gasteiger partial charge on any atom is 0.312 e. The molecule has 51 heavy (non-hydrogen) atoms. The van der Waals surface area contributed by atoms with Crippen LogP contribution < -0.4 is 10.1 Å². The molecule has 273 valence electrons. The van der Waals surface area contributed by atoms with E-state index in [1.807, 2.05) is 0 Å². The van der Waals surface area contributed by atoms with E-state index in [0.29, 0.717) is 0 Å². The van der Waals surface area contributed by atoms with Crippen molar-refractivity contribution in [2.75, 3.05) is 12.4 Å². The minimum Gasteiger partial charge on any atom is -0.507 e. The predicted molar refractivity (Wildman–Crippen MR) is 190 cm³/mol. The zero-order valence-corrected chi connectivity index (χ0v) is 32.7. The van der Waals surface area contributed by atoms with Gasteiger partial charge in [0.15, 0.2) is 5.75 Å². The third-order valence-electron chi connectivity index (χ3n) is 9.84. The molecule has 1 amide bonds. The molecule has 3 aliphatic heterocycles. The number of nitrogens with one attached hydrogen (secondary N) is 1. The van der Waals surface area contributed by atoms with E-state index >= 15 is 0 Å². The van der Waals surface area contributed by atoms with Crippen molar-refractivity contribution in [3.8, 4) is 23.0 Å². The fourth-order valence-electron chi connectivity index (χ4n) is 6.65. The zero-order chi connectivity index (χ0) is 37.4. The van der Waals surface area contributed by atoms with Crippen LogP contribution in [0.25, 0.3) is 10.8 Å². The molecule has 0 spiro atoms. The van der Waals surface area contributed by atoms with Crippen molar-refractivity contribution in [1.29, 1.82) is 0 Å². The number of aliphatic hydroxyl groups is 2. The molecule has 13 nitrogen and oxygen atoms in total. The summed E-state index contributed by atoms with van der Waals surface area (Å²) in [5.74, 6) is -7.99. The number of rotatable bonds is 2. The van der Waals surface area contributed by atoms with E-state index < -0.39 is 88.8 Å². The van der Waals surface area contributed by atoms with Crippen LogP contribution in [0.1, 0.15) is 64.4 Å². The van der Waals surface area contributed by atoms with Crippen LogP contribution in [-0.4, -0.2) is 110 Å². The number of Topliss-reactive ketones (excluding diaryl/α,β-unsaturated/α-hetero) is 1. The van der Waals surface area contributed by atoms with Gasteiger partial charge in [0.2, 0.25) is 0 Å². The minimum absolute atomic E-state index is 0. The number of hydrogen-bond acceptors (Lipinski definition) is 12. The van der Waals surface area contributed by atoms with E-state index in [-0.39, 0.29) is 68.5 Å². The quantitative estimate of drug-likeness (QED) is 0.111. The van der Waals surface area contributed by atoms with Gasteiger partial charge in [-0.05, 0) is 19.9 Å². The number of hydrogen-bond donors (Lipinski definition) is 6. The first-order valence-corrected chi connectivity index (χ1v) is 16.4. The first-order chi connectivity index (χ1) is 23.4. The van der Waals surface area contributed by atoms with E-state index in [9.17, 15) is 39.9 Å². The average Bonchev–Trinajstić information content (AvgIpc) is 3.33. The summed E-state index contributed by atoms with van der Waals surface area (Å²) in [5.41, 5.74) is -0.0929. The van der Waals surface area contributed by atoms with Gasteiger partial charge in [-0.25, -0.2) is 0 Å². The summed E-state index contributed by atoms with van der Waals surface area (Å²) in [6, 6.07) is 1.06. The van der Waals surface area contributed by atoms with Crippen LogP contribution in [0, 0.1) is 30.6 Å². The van der Waals surface area contributed by atoms with Gasteiger partial charge in [0, 0.05) is 96.8 Å². The number of aromatic hydroxyl groups is 3. The van der Waals surface area contributed by atoms with Crippen molar-refractivity contribution in [1.82, 2.24) is 0 Å². The third kappa shape index (κ3) is 8.08. The molecule has 1 radical (unpaired) electrons. The molecule has 0 aromatic heterocycles. The Morgan fingerprint density at radius 1 is 0.941 bits per heavy atom. The topological polar surface area (TPSA) is 201 Å². The van der Waals surface area contributed by atoms with Crippen LogP contribution in [0.4, 0.5) is 5.69 Å². The van der Waals surface area contributed by atoms with Crippen molar-refractivity contribution < 1.29 is 58.9 Å². The van der Waals surface area contributed by atoms with Gasteiger partial charge in [0.1, 0.15) is 23.4 Å². The van der Waals surface area contributed by atoms with Gasteiger partial charge < -0.3 is 49.8 Å². The van der Waals surface area contributed by atoms with Crippen LogP contribution in [0.15, 0.2) is 42.2 Å². The van der Waals surface area contributed by atoms with Crippen molar-refractivity contribution in [2.45, 2.75) is 85.6 Å². The second-order valence-corrected chi connectivity index (χ2v) is 13.4. The molecule has 2 aromatic carbocycles. The number of methoxy groups -OCH3 is 1. The van der Waals surface area contributed by atoms with Crippen molar-refractivity contribution in [3.63, 3.8) is 0 Å². The number of esters is 1. The molecular formula is C37H47NNaO12. The molecule has 0 aliphatic carbocycles. The fraction of sp³-hybridized carbons (Fsp3) is 0.486. The van der Waals surface area contributed by atoms with Gasteiger partial charge in [-0.1, -0.05) is 45.9 Å². The summed E-state index contributed by atoms with van der Waals surface area (Å²) >= 11 is 0. The number of phenols is 3. The molecule has 0 unspecified atom stereocenters. The van der Waals surface area contributed by atoms with Gasteiger partial charge in [-0.2, -0.15) is 0 Å². The number of ether oxygens (including phenoxy) is 4. The van der Waals surface area contributed by atoms with Gasteiger partial charge in [-0.3, -0.25) is 14.4 Å². The average molecular weight is 721 g/mol. The fourth-order valence-corrected chi connectivity index (χ4v) is 6.65. The van der Waals surface area contributed by atoms with Crippen molar-refractivity contribution in [3.05, 3.63) is 53.3 Å². The Morgan fingerprint density at radius 2 is 1.59 bits per heavy atom. The number of ketones is 1. The zero-order valence-electron chi connectivity index (χ0n) is 30.7. The van der Waals surface area contributed by atoms with Gasteiger partial charge in [0.25, 0.3) is 11.7 Å². The summed E-state index contributed by atoms with van der Waals surface area (Å²) < 4.78 is 23.2. The Labute approximate surface area is 319 Å². The molecule has 3 heterocycles. The Morgan fingerprint density at radius 3 is 2.20 bits per heavy atom. The van der Waals surface area contributed by atoms with E-state index in [2.05, 4.69) is 5.32 Å². The van der Waals surface area contributed by atoms with Crippen LogP contribution in [-0.2, 0) is 23.8 Å². The predicted octanol–water partition coefficient (Wildman–Crippen LogP) is 4.37. The summed E-state index contributed by atoms with van der Waals surface area (Å²) in [6.07, 6.45) is 3.62. The minimum atomic E-state index is -1.98. The van der Waals surface area contributed by atoms with E-state index in [1.165, 1.54) is 53.2 Å². The van der Waals surface area contributed by atoms with E-state index in [0.717, 1.165) is 6.07 Å². The molecule has 14 heteroatoms. The number of aliphatic hydroxyl groups excluding tert-OH is 2. The molecule has 5 rings (SSSR count). The van der Waals surface area contributed by atoms with Crippen molar-refractivity contribution >= 4 is 63.7 Å². The van der Waals surface area contributed by atoms with E-state index in [1.54, 1.807) is 39.8 Å². The maximum absolute atomic E-state index is 13.9. The maximum atomic E-state index is 13.9. The van der Waals surface area contributed by atoms with Crippen LogP contribution in [0.5, 0.6) is 23.0 Å². The molecule has 0 saturated carbocycles. The second kappa shape index (κ2) is 16.4. The second-order valence-electron chi connectivity index (χ2n) is 13.4. The van der Waals surface area contributed by atoms with Gasteiger partial charge in [-0.15, -0.1) is 0 Å². The van der Waals surface area contributed by atoms with Crippen molar-refractivity contribution in [2.24, 2.45) is 23.7 Å². The van der Waals surface area contributed by atoms with Gasteiger partial charge in [0.05, 0.1) is 41.2 Å². The molecule has 5 bridgehead atoms. The molecule has 9 atom stereocenters. The monoisotopic (exact) mass is 720 g/mol. The first-order valence-electron chi connectivity index (χ1n) is 16.4.